The van der Waals surface area contributed by atoms with E-state index in [9.17, 15) is 4.79 Å². The normalized spacial score (nSPS) is 15.5. The molecule has 1 fully saturated rings. The summed E-state index contributed by atoms with van der Waals surface area (Å²) in [6.07, 6.45) is 7.76. The number of hydrogen-bond acceptors (Lipinski definition) is 5. The lowest BCUT2D eigenvalue weighted by Gasteiger charge is -2.32. The number of rotatable bonds is 9. The van der Waals surface area contributed by atoms with Crippen molar-refractivity contribution in [3.8, 4) is 0 Å². The van der Waals surface area contributed by atoms with E-state index in [0.29, 0.717) is 12.6 Å². The van der Waals surface area contributed by atoms with Crippen LogP contribution in [0.3, 0.4) is 0 Å². The first-order valence-electron chi connectivity index (χ1n) is 13.7. The molecule has 4 aromatic rings. The number of aromatic nitrogens is 5. The highest BCUT2D eigenvalue weighted by Gasteiger charge is 2.29. The fourth-order valence-electron chi connectivity index (χ4n) is 5.94. The molecule has 1 aliphatic rings. The van der Waals surface area contributed by atoms with Gasteiger partial charge >= 0.3 is 0 Å². The summed E-state index contributed by atoms with van der Waals surface area (Å²) in [5.74, 6) is 0.923. The summed E-state index contributed by atoms with van der Waals surface area (Å²) in [4.78, 5) is 18.8. The van der Waals surface area contributed by atoms with Gasteiger partial charge in [0.05, 0.1) is 17.6 Å². The Bertz CT molecular complexity index is 1390. The fraction of sp³-hybridized carbons (Fsp3) is 0.467. The van der Waals surface area contributed by atoms with Crippen molar-refractivity contribution in [2.75, 3.05) is 6.54 Å². The van der Waals surface area contributed by atoms with Gasteiger partial charge in [0.15, 0.2) is 5.82 Å². The first kappa shape index (κ1) is 25.3. The summed E-state index contributed by atoms with van der Waals surface area (Å²) >= 11 is 0. The Labute approximate surface area is 218 Å². The second kappa shape index (κ2) is 11.4. The fourth-order valence-corrected chi connectivity index (χ4v) is 5.94. The van der Waals surface area contributed by atoms with Gasteiger partial charge in [0.2, 0.25) is 0 Å². The van der Waals surface area contributed by atoms with Crippen LogP contribution in [0.25, 0.3) is 10.9 Å². The summed E-state index contributed by atoms with van der Waals surface area (Å²) in [7, 11) is 0. The summed E-state index contributed by atoms with van der Waals surface area (Å²) in [6, 6.07) is 17.3. The van der Waals surface area contributed by atoms with Crippen LogP contribution in [0, 0.1) is 13.8 Å². The predicted octanol–water partition coefficient (Wildman–Crippen LogP) is 5.83. The number of tetrazole rings is 1. The molecule has 37 heavy (non-hydrogen) atoms. The molecule has 2 aromatic heterocycles. The lowest BCUT2D eigenvalue weighted by molar-refractivity contribution is 0.165. The maximum atomic E-state index is 13.3. The summed E-state index contributed by atoms with van der Waals surface area (Å²) < 4.78 is 2.08. The van der Waals surface area contributed by atoms with Crippen molar-refractivity contribution < 1.29 is 0 Å². The molecule has 1 N–H and O–H groups in total. The number of H-pyrrole nitrogens is 1. The van der Waals surface area contributed by atoms with E-state index in [1.165, 1.54) is 30.4 Å². The molecule has 0 bridgehead atoms. The third-order valence-corrected chi connectivity index (χ3v) is 7.84. The minimum Gasteiger partial charge on any atom is -0.321 e. The summed E-state index contributed by atoms with van der Waals surface area (Å²) in [6.45, 7) is 7.69. The molecule has 0 spiro atoms. The minimum absolute atomic E-state index is 0.0223. The van der Waals surface area contributed by atoms with Gasteiger partial charge in [-0.2, -0.15) is 0 Å². The van der Waals surface area contributed by atoms with Crippen LogP contribution in [0.15, 0.2) is 53.3 Å². The van der Waals surface area contributed by atoms with E-state index < -0.39 is 0 Å². The van der Waals surface area contributed by atoms with E-state index in [1.807, 2.05) is 6.07 Å². The molecule has 194 valence electrons. The topological polar surface area (TPSA) is 79.7 Å². The Morgan fingerprint density at radius 1 is 1.08 bits per heavy atom. The molecule has 1 atom stereocenters. The van der Waals surface area contributed by atoms with E-state index in [1.54, 1.807) is 0 Å². The predicted molar refractivity (Wildman–Crippen MR) is 148 cm³/mol. The molecule has 1 saturated carbocycles. The standard InChI is InChI=1S/C30H38N6O/c1-4-27(29-32-33-34-36(29)26-13-9-6-10-14-26)35(16-15-23-11-7-5-8-12-23)20-25-19-24-18-21(2)17-22(3)28(24)31-30(25)37/h5,7-8,11-12,17-19,26-27H,4,6,9-10,13-16,20H2,1-3H3,(H,31,37)/t27-/m0/s1. The van der Waals surface area contributed by atoms with Crippen LogP contribution < -0.4 is 5.56 Å². The van der Waals surface area contributed by atoms with Crippen molar-refractivity contribution in [1.29, 1.82) is 0 Å². The van der Waals surface area contributed by atoms with Gasteiger partial charge in [-0.3, -0.25) is 9.69 Å². The number of aryl methyl sites for hydroxylation is 2. The lowest BCUT2D eigenvalue weighted by Crippen LogP contribution is -2.35. The summed E-state index contributed by atoms with van der Waals surface area (Å²) in [5.41, 5.74) is 5.25. The zero-order valence-corrected chi connectivity index (χ0v) is 22.3. The summed E-state index contributed by atoms with van der Waals surface area (Å²) in [5, 5.41) is 14.2. The van der Waals surface area contributed by atoms with Crippen molar-refractivity contribution >= 4 is 10.9 Å². The second-order valence-electron chi connectivity index (χ2n) is 10.6. The van der Waals surface area contributed by atoms with Gasteiger partial charge in [0, 0.05) is 18.7 Å². The Morgan fingerprint density at radius 2 is 1.86 bits per heavy atom. The van der Waals surface area contributed by atoms with Gasteiger partial charge < -0.3 is 4.98 Å². The van der Waals surface area contributed by atoms with Crippen LogP contribution in [0.1, 0.15) is 85.6 Å². The zero-order valence-electron chi connectivity index (χ0n) is 22.3. The minimum atomic E-state index is -0.0223. The molecule has 0 unspecified atom stereocenters. The maximum absolute atomic E-state index is 13.3. The van der Waals surface area contributed by atoms with Gasteiger partial charge in [0.25, 0.3) is 5.56 Å². The SMILES string of the molecule is CC[C@@H](c1nnnn1C1CCCCC1)N(CCc1ccccc1)Cc1cc2cc(C)cc(C)c2[nH]c1=O. The molecule has 0 saturated heterocycles. The molecule has 2 aromatic carbocycles. The number of benzene rings is 2. The van der Waals surface area contributed by atoms with Gasteiger partial charge in [-0.15, -0.1) is 5.10 Å². The molecular formula is C30H38N6O. The first-order chi connectivity index (χ1) is 18.0. The molecule has 0 amide bonds. The largest absolute Gasteiger partial charge is 0.321 e. The van der Waals surface area contributed by atoms with Crippen LogP contribution in [-0.4, -0.2) is 36.6 Å². The number of aromatic amines is 1. The number of pyridine rings is 1. The molecule has 5 rings (SSSR count). The molecule has 7 heteroatoms. The van der Waals surface area contributed by atoms with E-state index >= 15 is 0 Å². The Morgan fingerprint density at radius 3 is 2.62 bits per heavy atom. The van der Waals surface area contributed by atoms with Crippen molar-refractivity contribution in [3.63, 3.8) is 0 Å². The molecule has 2 heterocycles. The highest BCUT2D eigenvalue weighted by Crippen LogP contribution is 2.32. The van der Waals surface area contributed by atoms with Crippen LogP contribution in [-0.2, 0) is 13.0 Å². The average Bonchev–Trinajstić information content (AvgIpc) is 3.39. The van der Waals surface area contributed by atoms with Gasteiger partial charge in [-0.1, -0.05) is 68.1 Å². The first-order valence-corrected chi connectivity index (χ1v) is 13.7. The van der Waals surface area contributed by atoms with Gasteiger partial charge in [-0.25, -0.2) is 4.68 Å². The lowest BCUT2D eigenvalue weighted by atomic mass is 9.95. The molecule has 7 nitrogen and oxygen atoms in total. The Balaban J connectivity index is 1.50. The van der Waals surface area contributed by atoms with Crippen molar-refractivity contribution in [2.24, 2.45) is 0 Å². The van der Waals surface area contributed by atoms with E-state index in [-0.39, 0.29) is 11.6 Å². The molecule has 0 radical (unpaired) electrons. The molecular weight excluding hydrogens is 460 g/mol. The Kier molecular flexibility index (Phi) is 7.79. The monoisotopic (exact) mass is 498 g/mol. The van der Waals surface area contributed by atoms with Gasteiger partial charge in [0.1, 0.15) is 0 Å². The van der Waals surface area contributed by atoms with Crippen LogP contribution in [0.4, 0.5) is 0 Å². The smallest absolute Gasteiger partial charge is 0.252 e. The molecule has 0 aliphatic heterocycles. The number of hydrogen-bond donors (Lipinski definition) is 1. The number of nitrogens with one attached hydrogen (secondary N) is 1. The van der Waals surface area contributed by atoms with E-state index in [0.717, 1.165) is 60.1 Å². The van der Waals surface area contributed by atoms with Crippen molar-refractivity contribution in [3.05, 3.63) is 87.0 Å². The highest BCUT2D eigenvalue weighted by molar-refractivity contribution is 5.82. The highest BCUT2D eigenvalue weighted by atomic mass is 16.1. The van der Waals surface area contributed by atoms with Crippen LogP contribution >= 0.6 is 0 Å². The van der Waals surface area contributed by atoms with Crippen molar-refractivity contribution in [2.45, 2.75) is 84.3 Å². The maximum Gasteiger partial charge on any atom is 0.252 e. The van der Waals surface area contributed by atoms with E-state index in [2.05, 4.69) is 93.3 Å². The quantitative estimate of drug-likeness (QED) is 0.314. The number of fused-ring (bicyclic) bond motifs is 1. The van der Waals surface area contributed by atoms with Crippen LogP contribution in [0.5, 0.6) is 0 Å². The van der Waals surface area contributed by atoms with Crippen molar-refractivity contribution in [1.82, 2.24) is 30.1 Å². The number of nitrogens with zero attached hydrogens (tertiary/aromatic N) is 5. The molecule has 1 aliphatic carbocycles. The third-order valence-electron chi connectivity index (χ3n) is 7.84. The van der Waals surface area contributed by atoms with Gasteiger partial charge in [-0.05, 0) is 78.6 Å². The average molecular weight is 499 g/mol. The zero-order chi connectivity index (χ0) is 25.8. The second-order valence-corrected chi connectivity index (χ2v) is 10.6. The Hall–Kier alpha value is -3.32. The van der Waals surface area contributed by atoms with Crippen LogP contribution in [0.2, 0.25) is 0 Å². The third kappa shape index (κ3) is 5.67. The van der Waals surface area contributed by atoms with E-state index in [4.69, 9.17) is 0 Å².